The van der Waals surface area contributed by atoms with E-state index in [0.717, 1.165) is 96.3 Å². The summed E-state index contributed by atoms with van der Waals surface area (Å²) < 4.78 is 16.8. The molecule has 6 nitrogen and oxygen atoms in total. The number of rotatable bonds is 56. The molecule has 0 saturated carbocycles. The van der Waals surface area contributed by atoms with Crippen LogP contribution in [0.5, 0.6) is 0 Å². The molecule has 72 heavy (non-hydrogen) atoms. The molecule has 0 aliphatic carbocycles. The number of hydrogen-bond acceptors (Lipinski definition) is 6. The molecular formula is C66H116O6. The number of allylic oxidation sites excluding steroid dienone is 12. The minimum atomic E-state index is -0.774. The summed E-state index contributed by atoms with van der Waals surface area (Å²) in [5, 5.41) is 0. The number of unbranched alkanes of at least 4 members (excludes halogenated alkanes) is 33. The molecule has 0 spiro atoms. The highest BCUT2D eigenvalue weighted by atomic mass is 16.6. The molecule has 0 aliphatic heterocycles. The zero-order valence-corrected chi connectivity index (χ0v) is 47.7. The van der Waals surface area contributed by atoms with Crippen LogP contribution in [0.25, 0.3) is 0 Å². The summed E-state index contributed by atoms with van der Waals surface area (Å²) in [6.45, 7) is 6.50. The van der Waals surface area contributed by atoms with Gasteiger partial charge in [-0.15, -0.1) is 0 Å². The van der Waals surface area contributed by atoms with Crippen LogP contribution in [0.4, 0.5) is 0 Å². The molecule has 0 radical (unpaired) electrons. The SMILES string of the molecule is CC/C=C\C/C=C\C/C=C\C/C=C\C/C=C\CCCCCCCCCCCCCCCCCC(=O)OCC(COC(=O)CCCCCCC/C=C\CCCC)OC(=O)CCCCCCCCCCCCCC. The fourth-order valence-electron chi connectivity index (χ4n) is 8.81. The van der Waals surface area contributed by atoms with Gasteiger partial charge in [0.25, 0.3) is 0 Å². The highest BCUT2D eigenvalue weighted by Crippen LogP contribution is 2.17. The lowest BCUT2D eigenvalue weighted by molar-refractivity contribution is -0.167. The van der Waals surface area contributed by atoms with Gasteiger partial charge in [-0.25, -0.2) is 0 Å². The second kappa shape index (κ2) is 60.4. The molecule has 0 bridgehead atoms. The summed E-state index contributed by atoms with van der Waals surface area (Å²) in [6.07, 6.45) is 77.8. The van der Waals surface area contributed by atoms with Crippen LogP contribution in [0.3, 0.4) is 0 Å². The summed E-state index contributed by atoms with van der Waals surface area (Å²) in [4.78, 5) is 38.1. The molecule has 0 N–H and O–H groups in total. The Kier molecular flexibility index (Phi) is 57.8. The van der Waals surface area contributed by atoms with E-state index in [1.165, 1.54) is 173 Å². The van der Waals surface area contributed by atoms with Crippen LogP contribution in [0.1, 0.15) is 310 Å². The third-order valence-corrected chi connectivity index (χ3v) is 13.4. The van der Waals surface area contributed by atoms with Crippen LogP contribution in [0.2, 0.25) is 0 Å². The van der Waals surface area contributed by atoms with Crippen molar-refractivity contribution >= 4 is 17.9 Å². The monoisotopic (exact) mass is 1000 g/mol. The number of carbonyl (C=O) groups excluding carboxylic acids is 3. The molecule has 1 unspecified atom stereocenters. The Hall–Kier alpha value is -3.15. The van der Waals surface area contributed by atoms with E-state index in [9.17, 15) is 14.4 Å². The molecule has 416 valence electrons. The minimum absolute atomic E-state index is 0.0738. The second-order valence-corrected chi connectivity index (χ2v) is 20.6. The van der Waals surface area contributed by atoms with Crippen LogP contribution in [0, 0.1) is 0 Å². The molecular weight excluding hydrogens is 889 g/mol. The van der Waals surface area contributed by atoms with Gasteiger partial charge in [-0.3, -0.25) is 14.4 Å². The number of ether oxygens (including phenoxy) is 3. The molecule has 0 aromatic rings. The van der Waals surface area contributed by atoms with Crippen LogP contribution >= 0.6 is 0 Å². The van der Waals surface area contributed by atoms with E-state index in [1.54, 1.807) is 0 Å². The van der Waals surface area contributed by atoms with Gasteiger partial charge in [0.1, 0.15) is 13.2 Å². The first kappa shape index (κ1) is 68.8. The van der Waals surface area contributed by atoms with Crippen molar-refractivity contribution in [3.8, 4) is 0 Å². The van der Waals surface area contributed by atoms with E-state index in [-0.39, 0.29) is 31.1 Å². The third kappa shape index (κ3) is 57.7. The van der Waals surface area contributed by atoms with Gasteiger partial charge in [-0.1, -0.05) is 280 Å². The number of carbonyl (C=O) groups is 3. The van der Waals surface area contributed by atoms with Crippen molar-refractivity contribution < 1.29 is 28.6 Å². The van der Waals surface area contributed by atoms with E-state index in [2.05, 4.69) is 93.7 Å². The number of esters is 3. The van der Waals surface area contributed by atoms with Crippen molar-refractivity contribution in [1.29, 1.82) is 0 Å². The van der Waals surface area contributed by atoms with Crippen LogP contribution in [0.15, 0.2) is 72.9 Å². The molecule has 0 amide bonds. The minimum Gasteiger partial charge on any atom is -0.462 e. The average molecular weight is 1010 g/mol. The normalized spacial score (nSPS) is 12.5. The fraction of sp³-hybridized carbons (Fsp3) is 0.773. The molecule has 0 aromatic carbocycles. The van der Waals surface area contributed by atoms with Crippen LogP contribution in [-0.4, -0.2) is 37.2 Å². The Morgan fingerprint density at radius 3 is 0.903 bits per heavy atom. The van der Waals surface area contributed by atoms with E-state index in [4.69, 9.17) is 14.2 Å². The Bertz CT molecular complexity index is 1340. The molecule has 6 heteroatoms. The van der Waals surface area contributed by atoms with Crippen molar-refractivity contribution in [2.75, 3.05) is 13.2 Å². The Balaban J connectivity index is 4.10. The van der Waals surface area contributed by atoms with Crippen molar-refractivity contribution in [2.24, 2.45) is 0 Å². The average Bonchev–Trinajstić information content (AvgIpc) is 3.38. The summed E-state index contributed by atoms with van der Waals surface area (Å²) in [5.41, 5.74) is 0. The second-order valence-electron chi connectivity index (χ2n) is 20.6. The van der Waals surface area contributed by atoms with Gasteiger partial charge in [-0.05, 0) is 83.5 Å². The van der Waals surface area contributed by atoms with E-state index < -0.39 is 6.10 Å². The van der Waals surface area contributed by atoms with Gasteiger partial charge in [0.05, 0.1) is 0 Å². The molecule has 0 saturated heterocycles. The Labute approximate surface area is 446 Å². The highest BCUT2D eigenvalue weighted by Gasteiger charge is 2.19. The first-order valence-electron chi connectivity index (χ1n) is 30.9. The predicted octanol–water partition coefficient (Wildman–Crippen LogP) is 20.9. The largest absolute Gasteiger partial charge is 0.462 e. The summed E-state index contributed by atoms with van der Waals surface area (Å²) in [7, 11) is 0. The molecule has 0 heterocycles. The van der Waals surface area contributed by atoms with E-state index >= 15 is 0 Å². The quantitative estimate of drug-likeness (QED) is 0.0261. The Morgan fingerprint density at radius 1 is 0.292 bits per heavy atom. The van der Waals surface area contributed by atoms with Crippen molar-refractivity contribution in [2.45, 2.75) is 316 Å². The highest BCUT2D eigenvalue weighted by molar-refractivity contribution is 5.71. The topological polar surface area (TPSA) is 78.9 Å². The van der Waals surface area contributed by atoms with Gasteiger partial charge in [0, 0.05) is 19.3 Å². The lowest BCUT2D eigenvalue weighted by Crippen LogP contribution is -2.30. The van der Waals surface area contributed by atoms with E-state index in [1.807, 2.05) is 0 Å². The zero-order chi connectivity index (χ0) is 52.2. The molecule has 0 aromatic heterocycles. The molecule has 1 atom stereocenters. The summed E-state index contributed by atoms with van der Waals surface area (Å²) in [5.74, 6) is -0.872. The van der Waals surface area contributed by atoms with Gasteiger partial charge >= 0.3 is 17.9 Å². The maximum absolute atomic E-state index is 12.8. The van der Waals surface area contributed by atoms with Gasteiger partial charge in [0.2, 0.25) is 0 Å². The Morgan fingerprint density at radius 2 is 0.556 bits per heavy atom. The van der Waals surface area contributed by atoms with Crippen molar-refractivity contribution in [1.82, 2.24) is 0 Å². The molecule has 0 rings (SSSR count). The predicted molar refractivity (Wildman–Crippen MR) is 311 cm³/mol. The maximum atomic E-state index is 12.8. The first-order valence-corrected chi connectivity index (χ1v) is 30.9. The third-order valence-electron chi connectivity index (χ3n) is 13.4. The van der Waals surface area contributed by atoms with Gasteiger partial charge in [-0.2, -0.15) is 0 Å². The standard InChI is InChI=1S/C66H116O6/c1-4-7-10-13-16-19-22-24-25-26-27-28-29-30-31-32-33-34-35-36-37-38-39-40-41-42-45-47-50-53-56-59-65(68)71-62-63(61-70-64(67)58-55-52-49-46-43-21-18-15-12-9-6-3)72-66(69)60-57-54-51-48-44-23-20-17-14-11-8-5-2/h7,10,15-16,18-19,24-25,27-28,30-31,63H,4-6,8-9,11-14,17,20-23,26,29,32-62H2,1-3H3/b10-7-,18-15-,19-16-,25-24-,28-27-,31-30-. The lowest BCUT2D eigenvalue weighted by Gasteiger charge is -2.18. The summed E-state index contributed by atoms with van der Waals surface area (Å²) in [6, 6.07) is 0. The van der Waals surface area contributed by atoms with Crippen molar-refractivity contribution in [3.63, 3.8) is 0 Å². The van der Waals surface area contributed by atoms with Crippen LogP contribution < -0.4 is 0 Å². The lowest BCUT2D eigenvalue weighted by atomic mass is 10.0. The molecule has 0 fully saturated rings. The van der Waals surface area contributed by atoms with Gasteiger partial charge in [0.15, 0.2) is 6.10 Å². The molecule has 0 aliphatic rings. The van der Waals surface area contributed by atoms with Crippen molar-refractivity contribution in [3.05, 3.63) is 72.9 Å². The van der Waals surface area contributed by atoms with Gasteiger partial charge < -0.3 is 14.2 Å². The summed E-state index contributed by atoms with van der Waals surface area (Å²) >= 11 is 0. The van der Waals surface area contributed by atoms with E-state index in [0.29, 0.717) is 19.3 Å². The van der Waals surface area contributed by atoms with Crippen LogP contribution in [-0.2, 0) is 28.6 Å². The maximum Gasteiger partial charge on any atom is 0.306 e. The zero-order valence-electron chi connectivity index (χ0n) is 47.7. The fourth-order valence-corrected chi connectivity index (χ4v) is 8.81. The first-order chi connectivity index (χ1) is 35.5. The smallest absolute Gasteiger partial charge is 0.306 e. The number of hydrogen-bond donors (Lipinski definition) is 0.